The number of alkyl halides is 2. The fraction of sp³-hybridized carbons (Fsp3) is 0.538. The van der Waals surface area contributed by atoms with Gasteiger partial charge >= 0.3 is 0 Å². The number of likely N-dealkylation sites (tertiary alicyclic amines) is 1. The zero-order valence-electron chi connectivity index (χ0n) is 40.0. The summed E-state index contributed by atoms with van der Waals surface area (Å²) in [6, 6.07) is 17.0. The monoisotopic (exact) mass is 957 g/mol. The average molecular weight is 959 g/mol. The number of rotatable bonds is 8. The van der Waals surface area contributed by atoms with Gasteiger partial charge in [-0.2, -0.15) is 15.5 Å². The number of aromatic nitrogens is 6. The molecule has 1 spiro atoms. The van der Waals surface area contributed by atoms with E-state index in [0.29, 0.717) is 53.4 Å². The molecule has 0 unspecified atom stereocenters. The maximum absolute atomic E-state index is 14.8. The third-order valence-corrected chi connectivity index (χ3v) is 16.8. The molecule has 2 aromatic carbocycles. The number of piperidine rings is 3. The Labute approximate surface area is 408 Å². The van der Waals surface area contributed by atoms with Crippen molar-refractivity contribution in [3.05, 3.63) is 87.8 Å². The summed E-state index contributed by atoms with van der Waals surface area (Å²) in [6.45, 7) is 12.5. The SMILES string of the molecule is CC(=O)N1CCc2c(c(N3CCCc4cc(-c5cnn(C)c5)c(C(F)F)cc43)nn2C2CCN(C3CCN(c4ccc(N5CCC6(CC5)C[C@H](C)N(c5ccc(C#N)c(Cl)c5)C6)nn4)CC3)CC2)C1. The Hall–Kier alpha value is -5.79. The van der Waals surface area contributed by atoms with E-state index in [1.54, 1.807) is 37.1 Å². The van der Waals surface area contributed by atoms with E-state index in [9.17, 15) is 18.8 Å². The van der Waals surface area contributed by atoms with Crippen LogP contribution in [0.2, 0.25) is 5.02 Å². The minimum atomic E-state index is -2.65. The van der Waals surface area contributed by atoms with E-state index in [0.717, 1.165) is 150 Å². The standard InChI is InChI=1S/C52H62ClF2N13O/c1-34-28-52(33-67(34)41-7-6-37(29-56)45(53)26-41)15-23-64(24-16-52)49-9-8-48(58-59-49)63-20-10-39(11-21-63)62-18-12-40(13-19-62)68-46-14-22-65(35(2)69)32-44(46)51(60-68)66-17-4-5-36-25-42(38-30-57-61(3)31-38)43(50(54)55)27-47(36)66/h6-9,25-27,30-31,34,39-40,50H,4-5,10-24,28,32-33H2,1-3H3/t34-/m0/s1. The van der Waals surface area contributed by atoms with Crippen molar-refractivity contribution >= 4 is 46.3 Å². The van der Waals surface area contributed by atoms with Crippen LogP contribution in [0.25, 0.3) is 11.1 Å². The molecule has 362 valence electrons. The number of benzene rings is 2. The summed E-state index contributed by atoms with van der Waals surface area (Å²) in [4.78, 5) is 26.7. The molecule has 69 heavy (non-hydrogen) atoms. The normalized spacial score (nSPS) is 21.3. The number of halogens is 3. The zero-order chi connectivity index (χ0) is 47.6. The van der Waals surface area contributed by atoms with Crippen LogP contribution < -0.4 is 19.6 Å². The Morgan fingerprint density at radius 2 is 1.62 bits per heavy atom. The van der Waals surface area contributed by atoms with Crippen molar-refractivity contribution in [1.29, 1.82) is 5.26 Å². The van der Waals surface area contributed by atoms with Gasteiger partial charge in [0, 0.05) is 131 Å². The van der Waals surface area contributed by atoms with Gasteiger partial charge in [0.2, 0.25) is 5.91 Å². The number of fused-ring (bicyclic) bond motifs is 2. The number of nitrogens with zero attached hydrogens (tertiary/aromatic N) is 13. The number of aryl methyl sites for hydroxylation is 2. The number of carbonyl (C=O) groups excluding carboxylic acids is 1. The molecule has 3 aromatic heterocycles. The summed E-state index contributed by atoms with van der Waals surface area (Å²) < 4.78 is 33.5. The van der Waals surface area contributed by atoms with Gasteiger partial charge in [0.25, 0.3) is 6.43 Å². The lowest BCUT2D eigenvalue weighted by atomic mass is 9.77. The van der Waals surface area contributed by atoms with E-state index in [1.165, 1.54) is 5.69 Å². The summed E-state index contributed by atoms with van der Waals surface area (Å²) in [6.07, 6.45) is 10.7. The second-order valence-electron chi connectivity index (χ2n) is 20.6. The molecule has 14 nitrogen and oxygen atoms in total. The first-order valence-corrected chi connectivity index (χ1v) is 25.4. The number of hydrogen-bond donors (Lipinski definition) is 0. The zero-order valence-corrected chi connectivity index (χ0v) is 40.8. The van der Waals surface area contributed by atoms with E-state index in [2.05, 4.69) is 59.4 Å². The summed E-state index contributed by atoms with van der Waals surface area (Å²) in [5.41, 5.74) is 7.13. The van der Waals surface area contributed by atoms with Crippen molar-refractivity contribution in [3.8, 4) is 17.2 Å². The highest BCUT2D eigenvalue weighted by atomic mass is 35.5. The fourth-order valence-electron chi connectivity index (χ4n) is 12.7. The van der Waals surface area contributed by atoms with Crippen molar-refractivity contribution in [2.45, 2.75) is 109 Å². The summed E-state index contributed by atoms with van der Waals surface area (Å²) >= 11 is 6.42. The number of hydrogen-bond acceptors (Lipinski definition) is 11. The fourth-order valence-corrected chi connectivity index (χ4v) is 12.9. The third-order valence-electron chi connectivity index (χ3n) is 16.5. The molecule has 9 heterocycles. The predicted molar refractivity (Wildman–Crippen MR) is 265 cm³/mol. The van der Waals surface area contributed by atoms with Crippen molar-refractivity contribution in [2.75, 3.05) is 78.5 Å². The number of anilines is 5. The van der Waals surface area contributed by atoms with Gasteiger partial charge in [0.05, 0.1) is 29.4 Å². The van der Waals surface area contributed by atoms with Gasteiger partial charge in [-0.1, -0.05) is 11.6 Å². The van der Waals surface area contributed by atoms with Gasteiger partial charge in [-0.3, -0.25) is 14.2 Å². The molecule has 0 bridgehead atoms. The minimum Gasteiger partial charge on any atom is -0.368 e. The van der Waals surface area contributed by atoms with Gasteiger partial charge in [-0.15, -0.1) is 10.2 Å². The highest BCUT2D eigenvalue weighted by Gasteiger charge is 2.45. The van der Waals surface area contributed by atoms with Crippen LogP contribution >= 0.6 is 11.6 Å². The van der Waals surface area contributed by atoms with Crippen LogP contribution in [0, 0.1) is 16.7 Å². The van der Waals surface area contributed by atoms with E-state index in [4.69, 9.17) is 26.9 Å². The second kappa shape index (κ2) is 18.5. The average Bonchev–Trinajstić information content (AvgIpc) is 4.08. The van der Waals surface area contributed by atoms with Crippen LogP contribution in [0.1, 0.15) is 106 Å². The molecule has 6 aliphatic rings. The van der Waals surface area contributed by atoms with Crippen LogP contribution in [0.3, 0.4) is 0 Å². The Bertz CT molecular complexity index is 2740. The smallest absolute Gasteiger partial charge is 0.264 e. The van der Waals surface area contributed by atoms with Gasteiger partial charge in [-0.05, 0) is 124 Å². The van der Waals surface area contributed by atoms with Crippen LogP contribution in [0.15, 0.2) is 54.9 Å². The molecule has 4 saturated heterocycles. The lowest BCUT2D eigenvalue weighted by Gasteiger charge is -2.42. The molecule has 1 amide bonds. The first-order chi connectivity index (χ1) is 33.4. The van der Waals surface area contributed by atoms with Crippen molar-refractivity contribution in [1.82, 2.24) is 39.6 Å². The molecular formula is C52H62ClF2N13O. The lowest BCUT2D eigenvalue weighted by Crippen LogP contribution is -2.48. The first-order valence-electron chi connectivity index (χ1n) is 25.1. The summed E-state index contributed by atoms with van der Waals surface area (Å²) in [7, 11) is 1.80. The molecule has 1 atom stereocenters. The van der Waals surface area contributed by atoms with Gasteiger partial charge in [-0.25, -0.2) is 8.78 Å². The maximum atomic E-state index is 14.8. The minimum absolute atomic E-state index is 0.000592. The highest BCUT2D eigenvalue weighted by Crippen LogP contribution is 2.47. The summed E-state index contributed by atoms with van der Waals surface area (Å²) in [5, 5.41) is 29.0. The third kappa shape index (κ3) is 8.68. The van der Waals surface area contributed by atoms with Crippen LogP contribution in [0.4, 0.5) is 37.6 Å². The number of carbonyl (C=O) groups is 1. The lowest BCUT2D eigenvalue weighted by molar-refractivity contribution is -0.129. The molecule has 6 aliphatic heterocycles. The van der Waals surface area contributed by atoms with Crippen molar-refractivity contribution in [3.63, 3.8) is 0 Å². The number of nitriles is 1. The first kappa shape index (κ1) is 45.6. The Kier molecular flexibility index (Phi) is 12.2. The molecule has 17 heteroatoms. The largest absolute Gasteiger partial charge is 0.368 e. The Balaban J connectivity index is 0.713. The molecule has 4 fully saturated rings. The quantitative estimate of drug-likeness (QED) is 0.149. The highest BCUT2D eigenvalue weighted by molar-refractivity contribution is 6.32. The topological polar surface area (TPSA) is 122 Å². The van der Waals surface area contributed by atoms with E-state index in [-0.39, 0.29) is 22.9 Å². The number of amides is 1. The molecule has 5 aromatic rings. The molecular weight excluding hydrogens is 896 g/mol. The van der Waals surface area contributed by atoms with Crippen LogP contribution in [-0.4, -0.2) is 116 Å². The van der Waals surface area contributed by atoms with E-state index < -0.39 is 6.43 Å². The molecule has 0 N–H and O–H groups in total. The van der Waals surface area contributed by atoms with E-state index in [1.807, 2.05) is 29.2 Å². The van der Waals surface area contributed by atoms with Gasteiger partial charge in [0.15, 0.2) is 17.5 Å². The molecule has 11 rings (SSSR count). The molecule has 0 aliphatic carbocycles. The molecule has 0 saturated carbocycles. The van der Waals surface area contributed by atoms with Gasteiger partial charge < -0.3 is 29.4 Å². The predicted octanol–water partition coefficient (Wildman–Crippen LogP) is 8.72. The van der Waals surface area contributed by atoms with Gasteiger partial charge in [0.1, 0.15) is 6.07 Å². The van der Waals surface area contributed by atoms with Crippen LogP contribution in [-0.2, 0) is 31.2 Å². The van der Waals surface area contributed by atoms with E-state index >= 15 is 0 Å². The maximum Gasteiger partial charge on any atom is 0.264 e. The van der Waals surface area contributed by atoms with Crippen molar-refractivity contribution in [2.24, 2.45) is 12.5 Å². The van der Waals surface area contributed by atoms with Crippen molar-refractivity contribution < 1.29 is 13.6 Å². The summed E-state index contributed by atoms with van der Waals surface area (Å²) in [5.74, 6) is 2.74. The second-order valence-corrected chi connectivity index (χ2v) is 21.0. The Morgan fingerprint density at radius 1 is 0.899 bits per heavy atom. The Morgan fingerprint density at radius 3 is 2.28 bits per heavy atom. The van der Waals surface area contributed by atoms with Crippen LogP contribution in [0.5, 0.6) is 0 Å². The molecule has 0 radical (unpaired) electrons.